The monoisotopic (exact) mass is 410 g/mol. The Morgan fingerprint density at radius 2 is 2.00 bits per heavy atom. The van der Waals surface area contributed by atoms with Crippen LogP contribution in [0.25, 0.3) is 0 Å². The van der Waals surface area contributed by atoms with Gasteiger partial charge < -0.3 is 20.3 Å². The maximum atomic E-state index is 12.6. The maximum Gasteiger partial charge on any atom is 0.290 e. The van der Waals surface area contributed by atoms with Crippen LogP contribution in [0.2, 0.25) is 0 Å². The Bertz CT molecular complexity index is 912. The molecule has 0 bridgehead atoms. The second kappa shape index (κ2) is 10.6. The lowest BCUT2D eigenvalue weighted by Crippen LogP contribution is -2.36. The van der Waals surface area contributed by atoms with Crippen LogP contribution >= 0.6 is 0 Å². The molecular weight excluding hydrogens is 384 g/mol. The number of nitrogens with one attached hydrogen (secondary N) is 2. The molecule has 0 spiro atoms. The van der Waals surface area contributed by atoms with E-state index in [2.05, 4.69) is 21.9 Å². The van der Waals surface area contributed by atoms with Crippen molar-refractivity contribution in [2.24, 2.45) is 0 Å². The van der Waals surface area contributed by atoms with E-state index in [0.717, 1.165) is 49.0 Å². The molecule has 1 aromatic carbocycles. The van der Waals surface area contributed by atoms with Crippen LogP contribution in [0.15, 0.2) is 28.8 Å². The highest BCUT2D eigenvalue weighted by molar-refractivity contribution is 5.94. The van der Waals surface area contributed by atoms with E-state index in [-0.39, 0.29) is 24.5 Å². The molecule has 0 radical (unpaired) electrons. The van der Waals surface area contributed by atoms with Gasteiger partial charge in [0.25, 0.3) is 12.4 Å². The zero-order valence-corrected chi connectivity index (χ0v) is 16.8. The summed E-state index contributed by atoms with van der Waals surface area (Å²) < 4.78 is 5.44. The Labute approximate surface area is 175 Å². The van der Waals surface area contributed by atoms with E-state index in [1.165, 1.54) is 12.8 Å². The zero-order chi connectivity index (χ0) is 21.3. The van der Waals surface area contributed by atoms with Gasteiger partial charge in [-0.25, -0.2) is 0 Å². The summed E-state index contributed by atoms with van der Waals surface area (Å²) in [5.41, 5.74) is 3.07. The number of aromatic nitrogens is 1. The SMILES string of the molecule is N#Cc1ccccc1CNC1CCc2onc(C(=O)NC3CCCC3)c2C1.O=CO. The van der Waals surface area contributed by atoms with Gasteiger partial charge in [0.1, 0.15) is 5.76 Å². The first-order valence-electron chi connectivity index (χ1n) is 10.2. The molecule has 1 amide bonds. The third kappa shape index (κ3) is 5.24. The predicted octanol–water partition coefficient (Wildman–Crippen LogP) is 2.57. The molecule has 158 valence electrons. The second-order valence-corrected chi connectivity index (χ2v) is 7.58. The summed E-state index contributed by atoms with van der Waals surface area (Å²) in [5, 5.41) is 26.8. The van der Waals surface area contributed by atoms with Gasteiger partial charge in [0.05, 0.1) is 11.6 Å². The van der Waals surface area contributed by atoms with Gasteiger partial charge in [0.2, 0.25) is 0 Å². The van der Waals surface area contributed by atoms with Crippen molar-refractivity contribution in [3.63, 3.8) is 0 Å². The van der Waals surface area contributed by atoms with Crippen LogP contribution in [0.1, 0.15) is 65.0 Å². The van der Waals surface area contributed by atoms with Crippen molar-refractivity contribution in [1.82, 2.24) is 15.8 Å². The number of amides is 1. The van der Waals surface area contributed by atoms with E-state index in [0.29, 0.717) is 17.8 Å². The first-order valence-corrected chi connectivity index (χ1v) is 10.2. The van der Waals surface area contributed by atoms with Gasteiger partial charge in [-0.1, -0.05) is 36.2 Å². The van der Waals surface area contributed by atoms with Crippen molar-refractivity contribution in [2.75, 3.05) is 0 Å². The smallest absolute Gasteiger partial charge is 0.290 e. The third-order valence-electron chi connectivity index (χ3n) is 5.66. The first-order chi connectivity index (χ1) is 14.7. The van der Waals surface area contributed by atoms with Gasteiger partial charge in [-0.05, 0) is 37.3 Å². The fraction of sp³-hybridized carbons (Fsp3) is 0.455. The van der Waals surface area contributed by atoms with E-state index in [1.807, 2.05) is 24.3 Å². The summed E-state index contributed by atoms with van der Waals surface area (Å²) in [6.07, 6.45) is 6.89. The minimum absolute atomic E-state index is 0.109. The molecule has 1 atom stereocenters. The Balaban J connectivity index is 0.000000806. The molecule has 1 fully saturated rings. The van der Waals surface area contributed by atoms with Crippen molar-refractivity contribution in [1.29, 1.82) is 5.26 Å². The van der Waals surface area contributed by atoms with E-state index < -0.39 is 0 Å². The average molecular weight is 410 g/mol. The van der Waals surface area contributed by atoms with Gasteiger partial charge in [0, 0.05) is 30.6 Å². The number of nitriles is 1. The Morgan fingerprint density at radius 1 is 1.27 bits per heavy atom. The number of carbonyl (C=O) groups excluding carboxylic acids is 1. The summed E-state index contributed by atoms with van der Waals surface area (Å²) in [4.78, 5) is 21.0. The lowest BCUT2D eigenvalue weighted by molar-refractivity contribution is -0.122. The highest BCUT2D eigenvalue weighted by Crippen LogP contribution is 2.26. The number of carbonyl (C=O) groups is 2. The van der Waals surface area contributed by atoms with Gasteiger partial charge >= 0.3 is 0 Å². The van der Waals surface area contributed by atoms with Crippen molar-refractivity contribution < 1.29 is 19.2 Å². The minimum Gasteiger partial charge on any atom is -0.483 e. The van der Waals surface area contributed by atoms with Gasteiger partial charge in [0.15, 0.2) is 5.69 Å². The van der Waals surface area contributed by atoms with Crippen LogP contribution in [-0.4, -0.2) is 34.7 Å². The Kier molecular flexibility index (Phi) is 7.57. The molecule has 8 heteroatoms. The highest BCUT2D eigenvalue weighted by Gasteiger charge is 2.29. The molecule has 30 heavy (non-hydrogen) atoms. The van der Waals surface area contributed by atoms with Crippen molar-refractivity contribution in [3.8, 4) is 6.07 Å². The largest absolute Gasteiger partial charge is 0.483 e. The van der Waals surface area contributed by atoms with Crippen molar-refractivity contribution in [3.05, 3.63) is 52.4 Å². The molecule has 1 unspecified atom stereocenters. The zero-order valence-electron chi connectivity index (χ0n) is 16.8. The van der Waals surface area contributed by atoms with E-state index in [1.54, 1.807) is 0 Å². The van der Waals surface area contributed by atoms with Gasteiger partial charge in [-0.3, -0.25) is 9.59 Å². The van der Waals surface area contributed by atoms with Crippen LogP contribution in [0, 0.1) is 11.3 Å². The van der Waals surface area contributed by atoms with E-state index in [4.69, 9.17) is 14.4 Å². The number of hydrogen-bond acceptors (Lipinski definition) is 6. The predicted molar refractivity (Wildman–Crippen MR) is 109 cm³/mol. The lowest BCUT2D eigenvalue weighted by atomic mass is 9.91. The number of fused-ring (bicyclic) bond motifs is 1. The molecule has 2 aromatic rings. The molecular formula is C22H26N4O4. The van der Waals surface area contributed by atoms with Gasteiger partial charge in [-0.2, -0.15) is 5.26 Å². The molecule has 1 aromatic heterocycles. The first kappa shape index (κ1) is 21.5. The van der Waals surface area contributed by atoms with Crippen LogP contribution in [0.4, 0.5) is 0 Å². The molecule has 3 N–H and O–H groups in total. The Hall–Kier alpha value is -3.18. The standard InChI is InChI=1S/C21H24N4O2.CH2O2/c22-12-14-5-1-2-6-15(14)13-23-17-9-10-19-18(11-17)20(25-27-19)21(26)24-16-7-3-4-8-16;2-1-3/h1-2,5-6,16-17,23H,3-4,7-11,13H2,(H,24,26);1H,(H,2,3). The number of nitrogens with zero attached hydrogens (tertiary/aromatic N) is 2. The highest BCUT2D eigenvalue weighted by atomic mass is 16.5. The summed E-state index contributed by atoms with van der Waals surface area (Å²) in [5.74, 6) is 0.726. The lowest BCUT2D eigenvalue weighted by Gasteiger charge is -2.23. The minimum atomic E-state index is -0.250. The summed E-state index contributed by atoms with van der Waals surface area (Å²) >= 11 is 0. The molecule has 1 saturated carbocycles. The summed E-state index contributed by atoms with van der Waals surface area (Å²) in [7, 11) is 0. The fourth-order valence-corrected chi connectivity index (χ4v) is 4.12. The topological polar surface area (TPSA) is 128 Å². The van der Waals surface area contributed by atoms with Crippen LogP contribution < -0.4 is 10.6 Å². The molecule has 4 rings (SSSR count). The molecule has 2 aliphatic carbocycles. The quantitative estimate of drug-likeness (QED) is 0.646. The van der Waals surface area contributed by atoms with Crippen molar-refractivity contribution in [2.45, 2.75) is 63.6 Å². The van der Waals surface area contributed by atoms with E-state index in [9.17, 15) is 10.1 Å². The number of benzene rings is 1. The van der Waals surface area contributed by atoms with E-state index >= 15 is 0 Å². The number of rotatable bonds is 5. The van der Waals surface area contributed by atoms with Gasteiger partial charge in [-0.15, -0.1) is 0 Å². The average Bonchev–Trinajstić information content (AvgIpc) is 3.42. The summed E-state index contributed by atoms with van der Waals surface area (Å²) in [6, 6.07) is 10.4. The maximum absolute atomic E-state index is 12.6. The molecule has 1 heterocycles. The second-order valence-electron chi connectivity index (χ2n) is 7.58. The Morgan fingerprint density at radius 3 is 2.73 bits per heavy atom. The van der Waals surface area contributed by atoms with Crippen LogP contribution in [-0.2, 0) is 24.2 Å². The third-order valence-corrected chi connectivity index (χ3v) is 5.66. The van der Waals surface area contributed by atoms with Crippen LogP contribution in [0.5, 0.6) is 0 Å². The number of carboxylic acid groups (broad SMARTS) is 1. The molecule has 2 aliphatic rings. The number of hydrogen-bond donors (Lipinski definition) is 3. The molecule has 8 nitrogen and oxygen atoms in total. The van der Waals surface area contributed by atoms with Crippen molar-refractivity contribution >= 4 is 12.4 Å². The normalized spacial score (nSPS) is 17.9. The summed E-state index contributed by atoms with van der Waals surface area (Å²) in [6.45, 7) is 0.388. The number of aryl methyl sites for hydroxylation is 1. The van der Waals surface area contributed by atoms with Crippen LogP contribution in [0.3, 0.4) is 0 Å². The molecule has 0 aliphatic heterocycles. The fourth-order valence-electron chi connectivity index (χ4n) is 4.12. The molecule has 0 saturated heterocycles.